The predicted molar refractivity (Wildman–Crippen MR) is 52.7 cm³/mol. The van der Waals surface area contributed by atoms with Crippen LogP contribution in [0, 0.1) is 5.41 Å². The van der Waals surface area contributed by atoms with Crippen molar-refractivity contribution in [2.75, 3.05) is 11.9 Å². The molecule has 0 saturated heterocycles. The maximum absolute atomic E-state index is 4.33. The second-order valence-electron chi connectivity index (χ2n) is 4.40. The third-order valence-corrected chi connectivity index (χ3v) is 3.50. The molecule has 1 aromatic heterocycles. The van der Waals surface area contributed by atoms with E-state index in [2.05, 4.69) is 16.4 Å². The van der Waals surface area contributed by atoms with E-state index in [1.54, 1.807) is 0 Å². The smallest absolute Gasteiger partial charge is 0.129 e. The highest BCUT2D eigenvalue weighted by Crippen LogP contribution is 2.46. The lowest BCUT2D eigenvalue weighted by molar-refractivity contribution is 0.146. The van der Waals surface area contributed by atoms with Crippen LogP contribution in [-0.4, -0.2) is 11.5 Å². The Morgan fingerprint density at radius 3 is 3.08 bits per heavy atom. The van der Waals surface area contributed by atoms with Crippen molar-refractivity contribution in [1.82, 2.24) is 4.98 Å². The van der Waals surface area contributed by atoms with Crippen molar-refractivity contribution < 1.29 is 0 Å². The molecular weight excluding hydrogens is 160 g/mol. The molecule has 0 unspecified atom stereocenters. The molecule has 1 saturated carbocycles. The van der Waals surface area contributed by atoms with Gasteiger partial charge in [-0.2, -0.15) is 0 Å². The molecule has 0 aromatic carbocycles. The van der Waals surface area contributed by atoms with Crippen molar-refractivity contribution >= 4 is 5.82 Å². The van der Waals surface area contributed by atoms with Gasteiger partial charge in [-0.15, -0.1) is 0 Å². The maximum Gasteiger partial charge on any atom is 0.129 e. The average molecular weight is 174 g/mol. The fraction of sp³-hybridized carbons (Fsp3) is 0.545. The van der Waals surface area contributed by atoms with Crippen molar-refractivity contribution in [1.29, 1.82) is 0 Å². The number of aromatic nitrogens is 1. The van der Waals surface area contributed by atoms with E-state index < -0.39 is 0 Å². The Balaban J connectivity index is 1.94. The first-order valence-corrected chi connectivity index (χ1v) is 5.06. The largest absolute Gasteiger partial charge is 0.369 e. The van der Waals surface area contributed by atoms with E-state index in [0.717, 1.165) is 12.4 Å². The van der Waals surface area contributed by atoms with Gasteiger partial charge in [0.05, 0.1) is 0 Å². The summed E-state index contributed by atoms with van der Waals surface area (Å²) in [5.74, 6) is 1.11. The number of pyridine rings is 1. The Kier molecular flexibility index (Phi) is 1.40. The molecule has 68 valence electrons. The van der Waals surface area contributed by atoms with Gasteiger partial charge < -0.3 is 5.32 Å². The van der Waals surface area contributed by atoms with Crippen LogP contribution in [0.3, 0.4) is 0 Å². The van der Waals surface area contributed by atoms with Gasteiger partial charge in [-0.05, 0) is 36.3 Å². The quantitative estimate of drug-likeness (QED) is 0.652. The second-order valence-corrected chi connectivity index (χ2v) is 4.40. The fourth-order valence-electron chi connectivity index (χ4n) is 2.51. The van der Waals surface area contributed by atoms with E-state index in [0.29, 0.717) is 5.41 Å². The molecule has 0 atom stereocenters. The summed E-state index contributed by atoms with van der Waals surface area (Å²) in [7, 11) is 0. The van der Waals surface area contributed by atoms with Gasteiger partial charge >= 0.3 is 0 Å². The Morgan fingerprint density at radius 2 is 2.31 bits per heavy atom. The van der Waals surface area contributed by atoms with Crippen LogP contribution < -0.4 is 5.32 Å². The van der Waals surface area contributed by atoms with Crippen LogP contribution in [0.5, 0.6) is 0 Å². The predicted octanol–water partition coefficient (Wildman–Crippen LogP) is 2.22. The topological polar surface area (TPSA) is 24.9 Å². The van der Waals surface area contributed by atoms with E-state index in [1.807, 2.05) is 12.3 Å². The molecule has 1 fully saturated rings. The summed E-state index contributed by atoms with van der Waals surface area (Å²) < 4.78 is 0. The van der Waals surface area contributed by atoms with Gasteiger partial charge in [-0.3, -0.25) is 0 Å². The monoisotopic (exact) mass is 174 g/mol. The van der Waals surface area contributed by atoms with Gasteiger partial charge in [0.15, 0.2) is 0 Å². The van der Waals surface area contributed by atoms with E-state index in [9.17, 15) is 0 Å². The summed E-state index contributed by atoms with van der Waals surface area (Å²) in [5.41, 5.74) is 2.00. The van der Waals surface area contributed by atoms with Crippen LogP contribution in [0.25, 0.3) is 0 Å². The van der Waals surface area contributed by atoms with Crippen molar-refractivity contribution in [2.24, 2.45) is 5.41 Å². The number of nitrogens with one attached hydrogen (secondary N) is 1. The molecule has 13 heavy (non-hydrogen) atoms. The van der Waals surface area contributed by atoms with Crippen LogP contribution in [0.15, 0.2) is 18.3 Å². The summed E-state index contributed by atoms with van der Waals surface area (Å²) in [4.78, 5) is 4.33. The fourth-order valence-corrected chi connectivity index (χ4v) is 2.51. The standard InChI is InChI=1S/C11H14N2/c1-3-9-7-11(4-2-5-11)8-13-10(9)12-6-1/h1,3,6H,2,4-5,7-8H2,(H,12,13). The first-order valence-electron chi connectivity index (χ1n) is 5.06. The lowest BCUT2D eigenvalue weighted by Crippen LogP contribution is -2.41. The molecule has 0 radical (unpaired) electrons. The van der Waals surface area contributed by atoms with Crippen LogP contribution in [0.2, 0.25) is 0 Å². The van der Waals surface area contributed by atoms with Gasteiger partial charge in [0.1, 0.15) is 5.82 Å². The molecule has 2 heteroatoms. The zero-order valence-electron chi connectivity index (χ0n) is 7.71. The SMILES string of the molecule is c1cnc2c(c1)CC1(CCC1)CN2. The summed E-state index contributed by atoms with van der Waals surface area (Å²) in [6, 6.07) is 4.24. The third kappa shape index (κ3) is 1.05. The van der Waals surface area contributed by atoms with Gasteiger partial charge in [0.2, 0.25) is 0 Å². The lowest BCUT2D eigenvalue weighted by atomic mass is 9.64. The van der Waals surface area contributed by atoms with Gasteiger partial charge in [-0.25, -0.2) is 4.98 Å². The molecule has 0 bridgehead atoms. The average Bonchev–Trinajstić information content (AvgIpc) is 2.15. The molecular formula is C11H14N2. The van der Waals surface area contributed by atoms with Crippen molar-refractivity contribution in [2.45, 2.75) is 25.7 Å². The van der Waals surface area contributed by atoms with Crippen LogP contribution in [-0.2, 0) is 6.42 Å². The highest BCUT2D eigenvalue weighted by atomic mass is 15.0. The minimum Gasteiger partial charge on any atom is -0.369 e. The molecule has 2 aliphatic rings. The summed E-state index contributed by atoms with van der Waals surface area (Å²) in [6.45, 7) is 1.14. The van der Waals surface area contributed by atoms with Crippen molar-refractivity contribution in [3.8, 4) is 0 Å². The number of hydrogen-bond donors (Lipinski definition) is 1. The molecule has 3 rings (SSSR count). The minimum absolute atomic E-state index is 0.593. The molecule has 1 aromatic rings. The summed E-state index contributed by atoms with van der Waals surface area (Å²) >= 11 is 0. The second kappa shape index (κ2) is 2.47. The van der Waals surface area contributed by atoms with Gasteiger partial charge in [-0.1, -0.05) is 12.5 Å². The number of nitrogens with zero attached hydrogens (tertiary/aromatic N) is 1. The van der Waals surface area contributed by atoms with Crippen LogP contribution in [0.4, 0.5) is 5.82 Å². The zero-order valence-corrected chi connectivity index (χ0v) is 7.71. The highest BCUT2D eigenvalue weighted by molar-refractivity contribution is 5.47. The number of rotatable bonds is 0. The van der Waals surface area contributed by atoms with Crippen molar-refractivity contribution in [3.05, 3.63) is 23.9 Å². The molecule has 1 aliphatic carbocycles. The van der Waals surface area contributed by atoms with E-state index in [1.165, 1.54) is 31.2 Å². The highest BCUT2D eigenvalue weighted by Gasteiger charge is 2.39. The lowest BCUT2D eigenvalue weighted by Gasteiger charge is -2.45. The number of anilines is 1. The summed E-state index contributed by atoms with van der Waals surface area (Å²) in [5, 5.41) is 3.44. The van der Waals surface area contributed by atoms with Crippen LogP contribution in [0.1, 0.15) is 24.8 Å². The first-order chi connectivity index (χ1) is 6.38. The Morgan fingerprint density at radius 1 is 1.38 bits per heavy atom. The maximum atomic E-state index is 4.33. The molecule has 2 nitrogen and oxygen atoms in total. The normalized spacial score (nSPS) is 23.1. The Bertz CT molecular complexity index is 329. The van der Waals surface area contributed by atoms with Crippen LogP contribution >= 0.6 is 0 Å². The molecule has 1 N–H and O–H groups in total. The van der Waals surface area contributed by atoms with E-state index in [-0.39, 0.29) is 0 Å². The van der Waals surface area contributed by atoms with Crippen molar-refractivity contribution in [3.63, 3.8) is 0 Å². The zero-order chi connectivity index (χ0) is 8.73. The first kappa shape index (κ1) is 7.36. The molecule has 2 heterocycles. The van der Waals surface area contributed by atoms with Gasteiger partial charge in [0.25, 0.3) is 0 Å². The van der Waals surface area contributed by atoms with E-state index >= 15 is 0 Å². The Hall–Kier alpha value is -1.05. The third-order valence-electron chi connectivity index (χ3n) is 3.50. The minimum atomic E-state index is 0.593. The molecule has 1 spiro atoms. The summed E-state index contributed by atoms with van der Waals surface area (Å²) in [6.07, 6.45) is 7.31. The Labute approximate surface area is 78.4 Å². The van der Waals surface area contributed by atoms with Gasteiger partial charge in [0, 0.05) is 12.7 Å². The van der Waals surface area contributed by atoms with E-state index in [4.69, 9.17) is 0 Å². The number of fused-ring (bicyclic) bond motifs is 1. The molecule has 1 aliphatic heterocycles. The molecule has 0 amide bonds. The number of hydrogen-bond acceptors (Lipinski definition) is 2.